The summed E-state index contributed by atoms with van der Waals surface area (Å²) in [5.74, 6) is -1.49. The molecule has 8 nitrogen and oxygen atoms in total. The highest BCUT2D eigenvalue weighted by Gasteiger charge is 2.59. The standard InChI is InChI=1S/C30H35N3O5/c1-19(21-14-15-21)32(17-20-10-6-5-7-11-20)25(34)18-33-27(36)30(31-28(33)37)16-23(26(35)38-29(2,3)4)22-12-8-9-13-24(22)30/h5-13,19,21,23H,14-18H2,1-4H3,(H,31,37). The van der Waals surface area contributed by atoms with Crippen molar-refractivity contribution in [1.82, 2.24) is 15.1 Å². The molecule has 2 aromatic rings. The predicted molar refractivity (Wildman–Crippen MR) is 141 cm³/mol. The number of benzene rings is 2. The van der Waals surface area contributed by atoms with Crippen LogP contribution in [0.4, 0.5) is 4.79 Å². The van der Waals surface area contributed by atoms with Crippen molar-refractivity contribution in [3.63, 3.8) is 0 Å². The zero-order valence-corrected chi connectivity index (χ0v) is 22.4. The summed E-state index contributed by atoms with van der Waals surface area (Å²) in [6.07, 6.45) is 2.19. The van der Waals surface area contributed by atoms with Gasteiger partial charge in [-0.1, -0.05) is 54.6 Å². The lowest BCUT2D eigenvalue weighted by Gasteiger charge is -2.31. The number of hydrogen-bond donors (Lipinski definition) is 1. The summed E-state index contributed by atoms with van der Waals surface area (Å²) < 4.78 is 5.64. The smallest absolute Gasteiger partial charge is 0.325 e. The van der Waals surface area contributed by atoms with Gasteiger partial charge in [-0.15, -0.1) is 0 Å². The van der Waals surface area contributed by atoms with Gasteiger partial charge in [0, 0.05) is 19.0 Å². The van der Waals surface area contributed by atoms with E-state index in [1.165, 1.54) is 0 Å². The van der Waals surface area contributed by atoms with Crippen molar-refractivity contribution in [2.45, 2.75) is 76.6 Å². The molecule has 1 saturated carbocycles. The molecule has 1 spiro atoms. The number of rotatable bonds is 7. The Balaban J connectivity index is 1.39. The van der Waals surface area contributed by atoms with Gasteiger partial charge in [0.2, 0.25) is 5.91 Å². The molecule has 0 bridgehead atoms. The molecule has 0 radical (unpaired) electrons. The van der Waals surface area contributed by atoms with E-state index in [0.717, 1.165) is 23.3 Å². The third-order valence-corrected chi connectivity index (χ3v) is 7.78. The molecule has 0 aromatic heterocycles. The molecule has 8 heteroatoms. The van der Waals surface area contributed by atoms with Crippen LogP contribution in [0.5, 0.6) is 0 Å². The van der Waals surface area contributed by atoms with Crippen LogP contribution in [-0.4, -0.2) is 51.8 Å². The van der Waals surface area contributed by atoms with Crippen LogP contribution in [0.3, 0.4) is 0 Å². The number of carbonyl (C=O) groups excluding carboxylic acids is 4. The quantitative estimate of drug-likeness (QED) is 0.441. The molecule has 2 aromatic carbocycles. The van der Waals surface area contributed by atoms with Gasteiger partial charge in [0.05, 0.1) is 5.92 Å². The molecule has 3 aliphatic rings. The van der Waals surface area contributed by atoms with E-state index in [1.54, 1.807) is 49.9 Å². The van der Waals surface area contributed by atoms with Gasteiger partial charge in [-0.25, -0.2) is 4.79 Å². The van der Waals surface area contributed by atoms with Gasteiger partial charge in [0.15, 0.2) is 0 Å². The van der Waals surface area contributed by atoms with Crippen LogP contribution in [0.2, 0.25) is 0 Å². The van der Waals surface area contributed by atoms with Crippen molar-refractivity contribution in [3.05, 3.63) is 71.3 Å². The fourth-order valence-corrected chi connectivity index (χ4v) is 5.69. The summed E-state index contributed by atoms with van der Waals surface area (Å²) in [7, 11) is 0. The van der Waals surface area contributed by atoms with Crippen LogP contribution >= 0.6 is 0 Å². The maximum atomic E-state index is 13.9. The van der Waals surface area contributed by atoms with Crippen molar-refractivity contribution in [1.29, 1.82) is 0 Å². The lowest BCUT2D eigenvalue weighted by atomic mass is 9.91. The molecule has 2 fully saturated rings. The van der Waals surface area contributed by atoms with Gasteiger partial charge in [0.25, 0.3) is 5.91 Å². The highest BCUT2D eigenvalue weighted by atomic mass is 16.6. The fraction of sp³-hybridized carbons (Fsp3) is 0.467. The molecule has 38 heavy (non-hydrogen) atoms. The summed E-state index contributed by atoms with van der Waals surface area (Å²) in [5, 5.41) is 2.85. The normalized spacial score (nSPS) is 23.3. The lowest BCUT2D eigenvalue weighted by molar-refractivity contribution is -0.157. The Morgan fingerprint density at radius 1 is 1.08 bits per heavy atom. The van der Waals surface area contributed by atoms with E-state index >= 15 is 0 Å². The minimum absolute atomic E-state index is 0.00110. The van der Waals surface area contributed by atoms with E-state index in [0.29, 0.717) is 23.6 Å². The zero-order chi connectivity index (χ0) is 27.2. The summed E-state index contributed by atoms with van der Waals surface area (Å²) in [6, 6.07) is 16.2. The summed E-state index contributed by atoms with van der Waals surface area (Å²) in [5.41, 5.74) is 0.145. The SMILES string of the molecule is CC(C1CC1)N(Cc1ccccc1)C(=O)CN1C(=O)NC2(CC(C(=O)OC(C)(C)C)c3ccccc32)C1=O. The Kier molecular flexibility index (Phi) is 6.53. The van der Waals surface area contributed by atoms with E-state index in [9.17, 15) is 19.2 Å². The van der Waals surface area contributed by atoms with E-state index in [1.807, 2.05) is 37.3 Å². The van der Waals surface area contributed by atoms with Crippen molar-refractivity contribution >= 4 is 23.8 Å². The first kappa shape index (κ1) is 25.9. The Morgan fingerprint density at radius 2 is 1.74 bits per heavy atom. The molecule has 3 unspecified atom stereocenters. The topological polar surface area (TPSA) is 96.0 Å². The Hall–Kier alpha value is -3.68. The molecule has 3 atom stereocenters. The van der Waals surface area contributed by atoms with Gasteiger partial charge in [-0.2, -0.15) is 0 Å². The number of hydrogen-bond acceptors (Lipinski definition) is 5. The Bertz CT molecular complexity index is 1270. The first-order valence-electron chi connectivity index (χ1n) is 13.3. The molecular formula is C30H35N3O5. The Morgan fingerprint density at radius 3 is 2.39 bits per heavy atom. The lowest BCUT2D eigenvalue weighted by Crippen LogP contribution is -2.47. The van der Waals surface area contributed by atoms with Crippen LogP contribution in [0.25, 0.3) is 0 Å². The first-order chi connectivity index (χ1) is 18.0. The number of esters is 1. The monoisotopic (exact) mass is 517 g/mol. The first-order valence-corrected chi connectivity index (χ1v) is 13.3. The van der Waals surface area contributed by atoms with Gasteiger partial charge >= 0.3 is 12.0 Å². The summed E-state index contributed by atoms with van der Waals surface area (Å²) in [6.45, 7) is 7.47. The second kappa shape index (κ2) is 9.57. The number of nitrogens with zero attached hydrogens (tertiary/aromatic N) is 2. The summed E-state index contributed by atoms with van der Waals surface area (Å²) >= 11 is 0. The predicted octanol–water partition coefficient (Wildman–Crippen LogP) is 4.09. The van der Waals surface area contributed by atoms with Crippen LogP contribution < -0.4 is 5.32 Å². The van der Waals surface area contributed by atoms with E-state index < -0.39 is 35.0 Å². The van der Waals surface area contributed by atoms with E-state index in [2.05, 4.69) is 5.32 Å². The minimum atomic E-state index is -1.40. The number of fused-ring (bicyclic) bond motifs is 2. The van der Waals surface area contributed by atoms with Crippen LogP contribution in [0.1, 0.15) is 69.6 Å². The average molecular weight is 518 g/mol. The molecular weight excluding hydrogens is 482 g/mol. The number of amides is 4. The van der Waals surface area contributed by atoms with E-state index in [4.69, 9.17) is 4.74 Å². The van der Waals surface area contributed by atoms with Gasteiger partial charge < -0.3 is 15.0 Å². The molecule has 1 heterocycles. The number of urea groups is 1. The Labute approximate surface area is 223 Å². The third-order valence-electron chi connectivity index (χ3n) is 7.78. The maximum Gasteiger partial charge on any atom is 0.325 e. The number of nitrogens with one attached hydrogen (secondary N) is 1. The minimum Gasteiger partial charge on any atom is -0.459 e. The molecule has 2 aliphatic carbocycles. The molecule has 1 N–H and O–H groups in total. The van der Waals surface area contributed by atoms with Crippen LogP contribution in [0.15, 0.2) is 54.6 Å². The van der Waals surface area contributed by atoms with Crippen LogP contribution in [0, 0.1) is 5.92 Å². The number of ether oxygens (including phenoxy) is 1. The largest absolute Gasteiger partial charge is 0.459 e. The molecule has 200 valence electrons. The highest BCUT2D eigenvalue weighted by Crippen LogP contribution is 2.48. The average Bonchev–Trinajstić information content (AvgIpc) is 3.63. The zero-order valence-electron chi connectivity index (χ0n) is 22.4. The molecule has 4 amide bonds. The van der Waals surface area contributed by atoms with Crippen LogP contribution in [-0.2, 0) is 31.2 Å². The van der Waals surface area contributed by atoms with Crippen molar-refractivity contribution in [2.75, 3.05) is 6.54 Å². The van der Waals surface area contributed by atoms with Gasteiger partial charge in [-0.05, 0) is 63.1 Å². The van der Waals surface area contributed by atoms with E-state index in [-0.39, 0.29) is 24.9 Å². The second-order valence-corrected chi connectivity index (χ2v) is 11.7. The fourth-order valence-electron chi connectivity index (χ4n) is 5.69. The van der Waals surface area contributed by atoms with Crippen molar-refractivity contribution in [2.24, 2.45) is 5.92 Å². The molecule has 1 saturated heterocycles. The van der Waals surface area contributed by atoms with Gasteiger partial charge in [0.1, 0.15) is 17.7 Å². The van der Waals surface area contributed by atoms with Crippen molar-refractivity contribution in [3.8, 4) is 0 Å². The van der Waals surface area contributed by atoms with Gasteiger partial charge in [-0.3, -0.25) is 19.3 Å². The molecule has 5 rings (SSSR count). The number of carbonyl (C=O) groups is 4. The molecule has 1 aliphatic heterocycles. The highest BCUT2D eigenvalue weighted by molar-refractivity contribution is 6.10. The number of imide groups is 1. The maximum absolute atomic E-state index is 13.9. The summed E-state index contributed by atoms with van der Waals surface area (Å²) in [4.78, 5) is 56.6. The third kappa shape index (κ3) is 4.79. The van der Waals surface area contributed by atoms with Crippen molar-refractivity contribution < 1.29 is 23.9 Å². The second-order valence-electron chi connectivity index (χ2n) is 11.7.